The third-order valence-corrected chi connectivity index (χ3v) is 25.4. The van der Waals surface area contributed by atoms with Crippen LogP contribution in [0.1, 0.15) is 41.5 Å². The second kappa shape index (κ2) is 50.7. The Morgan fingerprint density at radius 1 is 0.186 bits per heavy atom. The summed E-state index contributed by atoms with van der Waals surface area (Å²) in [6, 6.07) is -11.4. The molecular formula is C78H130N6O56. The molecule has 0 aromatic heterocycles. The van der Waals surface area contributed by atoms with Gasteiger partial charge in [-0.1, -0.05) is 0 Å². The van der Waals surface area contributed by atoms with Gasteiger partial charge in [0.15, 0.2) is 69.2 Å². The highest BCUT2D eigenvalue weighted by atomic mass is 16.8. The molecule has 0 bridgehead atoms. The SMILES string of the molecule is CC(=O)N[C@H]1[C@H](O[C@H]2[C@H](O)[C@@H](NC(C)=O)C(O)O[C@@H]2CO)O[C@H](CO)[C@@H](O[C@@H]2O[C@H](CO[C@H]3O[C@H](CO[C@@H]4O[C@H](CO)[C@@H](O[C@@H]5O[C@H](CO)[C@H](O)[C@H](O)[C@H]5O)[C@@H](O)[C@H]4NC(C)=O)[C@@H](O)[C@H](O)[C@@H]3O[C@@H]3O[C@H](CO)[C@@H](O[C@@H]4O[C@H](CO)[C@H](O)[C@H](O)[C@H]4O)[C@H](O)[C@H]3NC(C)=O)[C@@H](O)[C@H](O[C@H]3O[C@H](CO)[C@@H](O)[C@H](O)[C@@H]3O[C@@H]3O[C@H](CO)[C@@H](O[C@@H]4O[C@H](CO)[C@H](O)[C@H](O)[C@H]4NC(C)=O)[C@H](O)[C@H]3NC(C)=O)[C@@H]2O)[C@@H]1O. The summed E-state index contributed by atoms with van der Waals surface area (Å²) >= 11 is 0. The Morgan fingerprint density at radius 3 is 0.750 bits per heavy atom. The summed E-state index contributed by atoms with van der Waals surface area (Å²) in [4.78, 5) is 77.5. The third kappa shape index (κ3) is 25.8. The molecule has 1 unspecified atom stereocenters. The Kier molecular flexibility index (Phi) is 41.7. The van der Waals surface area contributed by atoms with Crippen molar-refractivity contribution < 1.29 is 276 Å². The molecule has 6 amide bonds. The molecule has 808 valence electrons. The Bertz CT molecular complexity index is 3910. The topological polar surface area (TPSA) is 955 Å². The van der Waals surface area contributed by atoms with Crippen molar-refractivity contribution >= 4 is 35.4 Å². The number of rotatable bonds is 37. The van der Waals surface area contributed by atoms with Gasteiger partial charge in [-0.15, -0.1) is 0 Å². The zero-order valence-electron chi connectivity index (χ0n) is 75.5. The summed E-state index contributed by atoms with van der Waals surface area (Å²) in [7, 11) is 0. The van der Waals surface area contributed by atoms with Gasteiger partial charge in [0.25, 0.3) is 0 Å². The quantitative estimate of drug-likeness (QED) is 0.0275. The van der Waals surface area contributed by atoms with Crippen molar-refractivity contribution in [2.75, 3.05) is 72.7 Å². The summed E-state index contributed by atoms with van der Waals surface area (Å²) in [5, 5.41) is 342. The first-order valence-corrected chi connectivity index (χ1v) is 44.6. The number of amides is 6. The van der Waals surface area contributed by atoms with Crippen molar-refractivity contribution in [2.45, 2.75) is 379 Å². The molecular weight excluding hydrogens is 1920 g/mol. The zero-order chi connectivity index (χ0) is 103. The van der Waals surface area contributed by atoms with E-state index in [1.165, 1.54) is 0 Å². The molecule has 0 aromatic rings. The van der Waals surface area contributed by atoms with E-state index in [1.54, 1.807) is 0 Å². The van der Waals surface area contributed by atoms with Crippen LogP contribution in [0.25, 0.3) is 0 Å². The summed E-state index contributed by atoms with van der Waals surface area (Å²) in [6.07, 6.45) is -105. The van der Waals surface area contributed by atoms with E-state index in [4.69, 9.17) is 99.5 Å². The lowest BCUT2D eigenvalue weighted by molar-refractivity contribution is -0.398. The van der Waals surface area contributed by atoms with E-state index >= 15 is 0 Å². The van der Waals surface area contributed by atoms with Crippen molar-refractivity contribution in [3.05, 3.63) is 0 Å². The average molecular weight is 2050 g/mol. The Balaban J connectivity index is 0.969. The van der Waals surface area contributed by atoms with Crippen LogP contribution in [0, 0.1) is 0 Å². The first-order valence-electron chi connectivity index (χ1n) is 44.6. The van der Waals surface area contributed by atoms with Crippen molar-refractivity contribution in [3.63, 3.8) is 0 Å². The second-order valence-corrected chi connectivity index (χ2v) is 35.3. The number of aliphatic hydroxyl groups is 29. The maximum atomic E-state index is 13.3. The van der Waals surface area contributed by atoms with Gasteiger partial charge in [0.05, 0.1) is 72.7 Å². The van der Waals surface area contributed by atoms with E-state index in [0.29, 0.717) is 0 Å². The Hall–Kier alpha value is -5.18. The summed E-state index contributed by atoms with van der Waals surface area (Å²) < 4.78 is 126. The number of nitrogens with one attached hydrogen (secondary N) is 6. The maximum Gasteiger partial charge on any atom is 0.217 e. The van der Waals surface area contributed by atoms with Crippen LogP contribution in [0.3, 0.4) is 0 Å². The van der Waals surface area contributed by atoms with Gasteiger partial charge in [0.1, 0.15) is 268 Å². The van der Waals surface area contributed by atoms with E-state index in [9.17, 15) is 177 Å². The summed E-state index contributed by atoms with van der Waals surface area (Å²) in [5.41, 5.74) is 0. The smallest absolute Gasteiger partial charge is 0.217 e. The molecule has 11 fully saturated rings. The number of hydrogen-bond acceptors (Lipinski definition) is 56. The van der Waals surface area contributed by atoms with Gasteiger partial charge in [0, 0.05) is 41.5 Å². The van der Waals surface area contributed by atoms with E-state index in [2.05, 4.69) is 31.9 Å². The monoisotopic (exact) mass is 2050 g/mol. The minimum absolute atomic E-state index is 0.829. The van der Waals surface area contributed by atoms with Gasteiger partial charge in [0.2, 0.25) is 35.4 Å². The van der Waals surface area contributed by atoms with Gasteiger partial charge in [-0.25, -0.2) is 0 Å². The molecule has 55 atom stereocenters. The standard InChI is InChI=1S/C78H130N6O56/c1-18(94)79-35-48(107)60(28(11-89)122-68(35)119)133-71-38(82-21(4)97)51(110)64(32(15-93)128-71)137-76-59(118)65(138-78-67(55(114)44(103)27(10-88)126-78)140-73-39(83-22(5)98)50(109)61(30(13-91)129-73)134-70-36(80-19(2)95)47(106)41(100)24(7-85)123-70)46(105)34(131-76)17-121-77-66(139-72-40(84-23(6)99)52(111)63(31(14-92)130-72)136-75-58(117)54(113)43(102)26(9-87)125-75)56(115)45(104)33(132-77)16-120-69-37(81-20(3)96)49(108)62(29(12-90)127-69)135-74-57(116)53(112)42(101)25(8-86)124-74/h24-78,85-93,100-119H,7-17H2,1-6H3,(H,79,94)(H,80,95)(H,81,96)(H,82,97)(H,83,98)(H,84,99)/t24-,25-,26-,27-,28-,29-,30-,31-,32-,33-,34-,35-,36-,37-,38-,39-,40-,41+,42+,43+,44-,45-,46-,47-,48-,49+,50-,51-,52-,53+,54+,55+,56+,57-,58-,59+,60-,61-,62-,63-,64-,65+,66+,67+,68?,69-,70+,71+,72+,73+,74+,75+,76+,77+,78-/m1/s1. The molecule has 0 aromatic carbocycles. The largest absolute Gasteiger partial charge is 0.394 e. The van der Waals surface area contributed by atoms with E-state index in [0.717, 1.165) is 41.5 Å². The van der Waals surface area contributed by atoms with Crippen LogP contribution in [0.4, 0.5) is 0 Å². The minimum Gasteiger partial charge on any atom is -0.394 e. The lowest BCUT2D eigenvalue weighted by Crippen LogP contribution is -2.71. The summed E-state index contributed by atoms with van der Waals surface area (Å²) in [5.74, 6) is -5.65. The highest BCUT2D eigenvalue weighted by molar-refractivity contribution is 5.75. The molecule has 62 heteroatoms. The fourth-order valence-electron chi connectivity index (χ4n) is 18.1. The number of hydrogen-bond donors (Lipinski definition) is 35. The first kappa shape index (κ1) is 115. The van der Waals surface area contributed by atoms with E-state index in [1.807, 2.05) is 0 Å². The molecule has 140 heavy (non-hydrogen) atoms. The van der Waals surface area contributed by atoms with E-state index in [-0.39, 0.29) is 0 Å². The fourth-order valence-corrected chi connectivity index (χ4v) is 18.1. The lowest BCUT2D eigenvalue weighted by Gasteiger charge is -2.51. The van der Waals surface area contributed by atoms with Crippen LogP contribution in [0.2, 0.25) is 0 Å². The second-order valence-electron chi connectivity index (χ2n) is 35.3. The number of carbonyl (C=O) groups excluding carboxylic acids is 6. The van der Waals surface area contributed by atoms with E-state index < -0.39 is 446 Å². The molecule has 11 heterocycles. The van der Waals surface area contributed by atoms with Gasteiger partial charge in [-0.3, -0.25) is 28.8 Å². The molecule has 11 rings (SSSR count). The van der Waals surface area contributed by atoms with Crippen LogP contribution in [-0.4, -0.2) is 594 Å². The highest BCUT2D eigenvalue weighted by Gasteiger charge is 2.63. The fraction of sp³-hybridized carbons (Fsp3) is 0.923. The molecule has 11 aliphatic heterocycles. The van der Waals surface area contributed by atoms with Crippen LogP contribution in [0.5, 0.6) is 0 Å². The third-order valence-electron chi connectivity index (χ3n) is 25.4. The van der Waals surface area contributed by atoms with Crippen molar-refractivity contribution in [1.29, 1.82) is 0 Å². The van der Waals surface area contributed by atoms with Gasteiger partial charge in [-0.05, 0) is 0 Å². The van der Waals surface area contributed by atoms with Crippen LogP contribution >= 0.6 is 0 Å². The summed E-state index contributed by atoms with van der Waals surface area (Å²) in [6.45, 7) is -7.04. The predicted molar refractivity (Wildman–Crippen MR) is 432 cm³/mol. The van der Waals surface area contributed by atoms with Gasteiger partial charge in [-0.2, -0.15) is 0 Å². The molecule has 11 aliphatic rings. The molecule has 35 N–H and O–H groups in total. The van der Waals surface area contributed by atoms with Gasteiger partial charge >= 0.3 is 0 Å². The minimum atomic E-state index is -2.71. The number of aliphatic hydroxyl groups excluding tert-OH is 29. The Labute approximate surface area is 792 Å². The molecule has 11 saturated heterocycles. The number of ether oxygens (including phenoxy) is 21. The Morgan fingerprint density at radius 2 is 0.400 bits per heavy atom. The van der Waals surface area contributed by atoms with Crippen LogP contribution < -0.4 is 31.9 Å². The molecule has 0 saturated carbocycles. The molecule has 62 nitrogen and oxygen atoms in total. The molecule has 0 spiro atoms. The normalized spacial score (nSPS) is 48.1. The predicted octanol–water partition coefficient (Wildman–Crippen LogP) is -24.1. The first-order chi connectivity index (χ1) is 66.2. The molecule has 0 radical (unpaired) electrons. The maximum absolute atomic E-state index is 13.3. The van der Waals surface area contributed by atoms with Crippen molar-refractivity contribution in [3.8, 4) is 0 Å². The van der Waals surface area contributed by atoms with Gasteiger partial charge < -0.3 is 279 Å². The van der Waals surface area contributed by atoms with Crippen LogP contribution in [0.15, 0.2) is 0 Å². The highest BCUT2D eigenvalue weighted by Crippen LogP contribution is 2.42. The molecule has 0 aliphatic carbocycles. The average Bonchev–Trinajstić information content (AvgIpc) is 0.764. The number of carbonyl (C=O) groups is 6. The lowest BCUT2D eigenvalue weighted by atomic mass is 9.93. The van der Waals surface area contributed by atoms with Crippen molar-refractivity contribution in [1.82, 2.24) is 31.9 Å². The van der Waals surface area contributed by atoms with Crippen molar-refractivity contribution in [2.24, 2.45) is 0 Å². The van der Waals surface area contributed by atoms with Crippen LogP contribution in [-0.2, 0) is 128 Å². The zero-order valence-corrected chi connectivity index (χ0v) is 75.5.